The van der Waals surface area contributed by atoms with E-state index in [1.807, 2.05) is 0 Å². The zero-order valence-corrected chi connectivity index (χ0v) is 15.0. The van der Waals surface area contributed by atoms with Gasteiger partial charge in [-0.15, -0.1) is 0 Å². The molecule has 0 saturated carbocycles. The van der Waals surface area contributed by atoms with Gasteiger partial charge in [0.1, 0.15) is 5.75 Å². The minimum absolute atomic E-state index is 0.0933. The Kier molecular flexibility index (Phi) is 3.44. The summed E-state index contributed by atoms with van der Waals surface area (Å²) in [4.78, 5) is 0. The van der Waals surface area contributed by atoms with E-state index in [1.165, 1.54) is 16.2 Å². The molecule has 0 spiro atoms. The van der Waals surface area contributed by atoms with Gasteiger partial charge in [0.2, 0.25) is 0 Å². The van der Waals surface area contributed by atoms with Crippen LogP contribution in [0.4, 0.5) is 0 Å². The highest BCUT2D eigenvalue weighted by Gasteiger charge is 2.28. The van der Waals surface area contributed by atoms with Crippen LogP contribution in [0, 0.1) is 0 Å². The molecule has 0 aliphatic carbocycles. The second-order valence-electron chi connectivity index (χ2n) is 8.57. The van der Waals surface area contributed by atoms with Crippen molar-refractivity contribution in [2.24, 2.45) is 0 Å². The van der Waals surface area contributed by atoms with Crippen molar-refractivity contribution in [3.63, 3.8) is 0 Å². The molecule has 0 atom stereocenters. The highest BCUT2D eigenvalue weighted by Crippen LogP contribution is 2.44. The summed E-state index contributed by atoms with van der Waals surface area (Å²) >= 11 is 0. The molecular formula is C22H26O. The van der Waals surface area contributed by atoms with Crippen molar-refractivity contribution in [3.8, 4) is 5.75 Å². The summed E-state index contributed by atoms with van der Waals surface area (Å²) in [7, 11) is 0. The molecule has 23 heavy (non-hydrogen) atoms. The number of hydrogen-bond donors (Lipinski definition) is 1. The van der Waals surface area contributed by atoms with Crippen molar-refractivity contribution in [1.82, 2.24) is 0 Å². The largest absolute Gasteiger partial charge is 0.507 e. The minimum atomic E-state index is -0.119. The Morgan fingerprint density at radius 1 is 0.696 bits per heavy atom. The van der Waals surface area contributed by atoms with Gasteiger partial charge in [-0.3, -0.25) is 0 Å². The van der Waals surface area contributed by atoms with E-state index >= 15 is 0 Å². The predicted molar refractivity (Wildman–Crippen MR) is 101 cm³/mol. The Hall–Kier alpha value is -2.02. The summed E-state index contributed by atoms with van der Waals surface area (Å²) in [6.45, 7) is 13.0. The van der Waals surface area contributed by atoms with Crippen LogP contribution in [0.2, 0.25) is 0 Å². The van der Waals surface area contributed by atoms with E-state index in [9.17, 15) is 5.11 Å². The van der Waals surface area contributed by atoms with Gasteiger partial charge in [-0.2, -0.15) is 0 Å². The van der Waals surface area contributed by atoms with E-state index in [-0.39, 0.29) is 10.8 Å². The van der Waals surface area contributed by atoms with Gasteiger partial charge < -0.3 is 5.11 Å². The lowest BCUT2D eigenvalue weighted by Crippen LogP contribution is -2.17. The fraction of sp³-hybridized carbons (Fsp3) is 0.364. The van der Waals surface area contributed by atoms with Crippen molar-refractivity contribution >= 4 is 21.5 Å². The van der Waals surface area contributed by atoms with Gasteiger partial charge in [0.15, 0.2) is 0 Å². The third-order valence-electron chi connectivity index (χ3n) is 4.54. The van der Waals surface area contributed by atoms with Crippen LogP contribution < -0.4 is 0 Å². The minimum Gasteiger partial charge on any atom is -0.507 e. The van der Waals surface area contributed by atoms with Crippen LogP contribution >= 0.6 is 0 Å². The molecule has 120 valence electrons. The lowest BCUT2D eigenvalue weighted by atomic mass is 9.76. The lowest BCUT2D eigenvalue weighted by Gasteiger charge is -2.29. The van der Waals surface area contributed by atoms with Gasteiger partial charge in [-0.25, -0.2) is 0 Å². The van der Waals surface area contributed by atoms with Crippen LogP contribution in [0.5, 0.6) is 5.75 Å². The van der Waals surface area contributed by atoms with Gasteiger partial charge in [-0.1, -0.05) is 65.8 Å². The maximum atomic E-state index is 11.0. The predicted octanol–water partition coefficient (Wildman–Crippen LogP) is 6.29. The van der Waals surface area contributed by atoms with Crippen LogP contribution in [0.15, 0.2) is 42.5 Å². The first kappa shape index (κ1) is 15.9. The highest BCUT2D eigenvalue weighted by molar-refractivity contribution is 6.01. The van der Waals surface area contributed by atoms with Crippen molar-refractivity contribution in [3.05, 3.63) is 53.6 Å². The first-order chi connectivity index (χ1) is 10.6. The molecule has 0 heterocycles. The van der Waals surface area contributed by atoms with Crippen molar-refractivity contribution in [2.45, 2.75) is 52.4 Å². The topological polar surface area (TPSA) is 20.2 Å². The van der Waals surface area contributed by atoms with Crippen LogP contribution in [-0.4, -0.2) is 5.11 Å². The monoisotopic (exact) mass is 306 g/mol. The fourth-order valence-corrected chi connectivity index (χ4v) is 3.41. The fourth-order valence-electron chi connectivity index (χ4n) is 3.41. The van der Waals surface area contributed by atoms with Crippen molar-refractivity contribution < 1.29 is 5.11 Å². The van der Waals surface area contributed by atoms with E-state index in [4.69, 9.17) is 0 Å². The Bertz CT molecular complexity index is 890. The molecule has 3 aromatic carbocycles. The van der Waals surface area contributed by atoms with Crippen molar-refractivity contribution in [2.75, 3.05) is 0 Å². The number of phenols is 1. The highest BCUT2D eigenvalue weighted by atomic mass is 16.3. The zero-order chi connectivity index (χ0) is 17.0. The summed E-state index contributed by atoms with van der Waals surface area (Å²) in [5.41, 5.74) is 1.85. The van der Waals surface area contributed by atoms with Gasteiger partial charge in [0.25, 0.3) is 0 Å². The number of rotatable bonds is 0. The summed E-state index contributed by atoms with van der Waals surface area (Å²) in [6.07, 6.45) is 0. The van der Waals surface area contributed by atoms with Crippen LogP contribution in [0.25, 0.3) is 21.5 Å². The Labute approximate surface area is 139 Å². The molecule has 1 N–H and O–H groups in total. The molecule has 0 fully saturated rings. The Balaban J connectivity index is 2.52. The molecule has 0 aliphatic heterocycles. The maximum Gasteiger partial charge on any atom is 0.123 e. The lowest BCUT2D eigenvalue weighted by molar-refractivity contribution is 0.426. The molecule has 0 unspecified atom stereocenters. The first-order valence-electron chi connectivity index (χ1n) is 8.28. The molecule has 1 heteroatoms. The molecule has 0 bridgehead atoms. The van der Waals surface area contributed by atoms with E-state index in [0.717, 1.165) is 16.5 Å². The number of hydrogen-bond acceptors (Lipinski definition) is 1. The number of fused-ring (bicyclic) bond motifs is 2. The third-order valence-corrected chi connectivity index (χ3v) is 4.54. The van der Waals surface area contributed by atoms with Gasteiger partial charge in [0.05, 0.1) is 0 Å². The summed E-state index contributed by atoms with van der Waals surface area (Å²) in [5.74, 6) is 0.452. The summed E-state index contributed by atoms with van der Waals surface area (Å²) in [5, 5.41) is 15.8. The zero-order valence-electron chi connectivity index (χ0n) is 15.0. The molecule has 0 radical (unpaired) electrons. The van der Waals surface area contributed by atoms with E-state index in [0.29, 0.717) is 5.75 Å². The standard InChI is InChI=1S/C22H26O/c1-21(2,3)18-13-16-11-14-9-7-8-10-15(14)12-17(16)19(20(18)23)22(4,5)6/h7-13,23H,1-6H3. The molecule has 0 aromatic heterocycles. The van der Waals surface area contributed by atoms with E-state index < -0.39 is 0 Å². The number of aromatic hydroxyl groups is 1. The van der Waals surface area contributed by atoms with Crippen LogP contribution in [-0.2, 0) is 10.8 Å². The smallest absolute Gasteiger partial charge is 0.123 e. The average Bonchev–Trinajstić information content (AvgIpc) is 2.41. The van der Waals surface area contributed by atoms with Crippen LogP contribution in [0.3, 0.4) is 0 Å². The second-order valence-corrected chi connectivity index (χ2v) is 8.57. The van der Waals surface area contributed by atoms with Gasteiger partial charge in [0, 0.05) is 11.1 Å². The molecule has 1 nitrogen and oxygen atoms in total. The van der Waals surface area contributed by atoms with E-state index in [1.54, 1.807) is 0 Å². The van der Waals surface area contributed by atoms with Crippen molar-refractivity contribution in [1.29, 1.82) is 0 Å². The van der Waals surface area contributed by atoms with Crippen LogP contribution in [0.1, 0.15) is 52.7 Å². The Morgan fingerprint density at radius 3 is 1.78 bits per heavy atom. The van der Waals surface area contributed by atoms with Gasteiger partial charge >= 0.3 is 0 Å². The number of benzene rings is 3. The normalized spacial score (nSPS) is 13.0. The molecular weight excluding hydrogens is 280 g/mol. The molecule has 3 rings (SSSR count). The van der Waals surface area contributed by atoms with E-state index in [2.05, 4.69) is 84.0 Å². The average molecular weight is 306 g/mol. The summed E-state index contributed by atoms with van der Waals surface area (Å²) in [6, 6.07) is 15.0. The molecule has 0 saturated heterocycles. The summed E-state index contributed by atoms with van der Waals surface area (Å²) < 4.78 is 0. The molecule has 3 aromatic rings. The first-order valence-corrected chi connectivity index (χ1v) is 8.28. The SMILES string of the molecule is CC(C)(C)c1cc2cc3ccccc3cc2c(C(C)(C)C)c1O. The molecule has 0 aliphatic rings. The molecule has 0 amide bonds. The number of phenolic OH excluding ortho intramolecular Hbond substituents is 1. The quantitative estimate of drug-likeness (QED) is 0.484. The van der Waals surface area contributed by atoms with Gasteiger partial charge in [-0.05, 0) is 50.6 Å². The maximum absolute atomic E-state index is 11.0. The third kappa shape index (κ3) is 2.69. The Morgan fingerprint density at radius 2 is 1.26 bits per heavy atom. The second kappa shape index (κ2) is 4.99.